The van der Waals surface area contributed by atoms with E-state index < -0.39 is 17.2 Å². The molecule has 1 saturated heterocycles. The summed E-state index contributed by atoms with van der Waals surface area (Å²) in [6, 6.07) is 13.8. The van der Waals surface area contributed by atoms with Crippen LogP contribution in [0.15, 0.2) is 61.2 Å². The highest BCUT2D eigenvalue weighted by Crippen LogP contribution is 2.41. The van der Waals surface area contributed by atoms with Crippen LogP contribution >= 0.6 is 0 Å². The van der Waals surface area contributed by atoms with Gasteiger partial charge in [-0.3, -0.25) is 0 Å². The Morgan fingerprint density at radius 1 is 1.17 bits per heavy atom. The van der Waals surface area contributed by atoms with Crippen molar-refractivity contribution in [2.24, 2.45) is 0 Å². The van der Waals surface area contributed by atoms with E-state index in [0.29, 0.717) is 18.7 Å². The molecule has 1 aliphatic rings. The second-order valence-corrected chi connectivity index (χ2v) is 5.65. The molecule has 0 bridgehead atoms. The largest absolute Gasteiger partial charge is 0.362 e. The number of benzene rings is 2. The summed E-state index contributed by atoms with van der Waals surface area (Å²) in [5, 5.41) is 3.94. The molecule has 0 unspecified atom stereocenters. The molecule has 1 atom stereocenters. The van der Waals surface area contributed by atoms with E-state index in [4.69, 9.17) is 4.74 Å². The lowest BCUT2D eigenvalue weighted by atomic mass is 9.99. The number of ether oxygens (including phenoxy) is 1. The molecular formula is C18H17F2N3O. The minimum absolute atomic E-state index is 0.356. The first kappa shape index (κ1) is 16.3. The summed E-state index contributed by atoms with van der Waals surface area (Å²) in [5.74, 6) is -1.19. The van der Waals surface area contributed by atoms with Crippen LogP contribution in [0.1, 0.15) is 11.1 Å². The number of nitrogens with zero attached hydrogens (tertiary/aromatic N) is 3. The third kappa shape index (κ3) is 3.83. The maximum Gasteiger partial charge on any atom is 0.139 e. The Kier molecular flexibility index (Phi) is 4.66. The SMILES string of the molecule is Cc1ccccc1.Fc1ccc([C@]2(Cn3cncn3)CO2)c(F)c1. The van der Waals surface area contributed by atoms with Gasteiger partial charge in [0.25, 0.3) is 0 Å². The number of rotatable bonds is 3. The molecule has 4 rings (SSSR count). The Hall–Kier alpha value is -2.60. The molecule has 0 N–H and O–H groups in total. The highest BCUT2D eigenvalue weighted by Gasteiger charge is 2.49. The van der Waals surface area contributed by atoms with Crippen LogP contribution < -0.4 is 0 Å². The fourth-order valence-corrected chi connectivity index (χ4v) is 2.39. The molecule has 0 aliphatic carbocycles. The van der Waals surface area contributed by atoms with Crippen molar-refractivity contribution in [2.75, 3.05) is 6.61 Å². The van der Waals surface area contributed by atoms with Crippen molar-refractivity contribution >= 4 is 0 Å². The van der Waals surface area contributed by atoms with Crippen molar-refractivity contribution in [3.8, 4) is 0 Å². The molecule has 6 heteroatoms. The average molecular weight is 329 g/mol. The average Bonchev–Trinajstić information content (AvgIpc) is 3.14. The number of epoxide rings is 1. The molecular weight excluding hydrogens is 312 g/mol. The van der Waals surface area contributed by atoms with Gasteiger partial charge in [0.2, 0.25) is 0 Å². The summed E-state index contributed by atoms with van der Waals surface area (Å²) in [7, 11) is 0. The third-order valence-corrected chi connectivity index (χ3v) is 3.74. The molecule has 3 aromatic rings. The smallest absolute Gasteiger partial charge is 0.139 e. The van der Waals surface area contributed by atoms with E-state index >= 15 is 0 Å². The molecule has 4 nitrogen and oxygen atoms in total. The summed E-state index contributed by atoms with van der Waals surface area (Å²) >= 11 is 0. The molecule has 2 heterocycles. The summed E-state index contributed by atoms with van der Waals surface area (Å²) in [6.45, 7) is 2.85. The molecule has 0 saturated carbocycles. The normalized spacial score (nSPS) is 18.6. The van der Waals surface area contributed by atoms with Crippen molar-refractivity contribution in [3.05, 3.63) is 83.9 Å². The highest BCUT2D eigenvalue weighted by atomic mass is 19.1. The Bertz CT molecular complexity index is 787. The number of aromatic nitrogens is 3. The van der Waals surface area contributed by atoms with Gasteiger partial charge < -0.3 is 4.74 Å². The van der Waals surface area contributed by atoms with Crippen LogP contribution in [0.4, 0.5) is 8.78 Å². The van der Waals surface area contributed by atoms with Crippen LogP contribution in [-0.4, -0.2) is 21.4 Å². The van der Waals surface area contributed by atoms with Crippen molar-refractivity contribution < 1.29 is 13.5 Å². The zero-order valence-corrected chi connectivity index (χ0v) is 13.2. The predicted molar refractivity (Wildman–Crippen MR) is 85.2 cm³/mol. The fourth-order valence-electron chi connectivity index (χ4n) is 2.39. The van der Waals surface area contributed by atoms with Gasteiger partial charge in [0, 0.05) is 11.6 Å². The Labute approximate surface area is 138 Å². The number of aryl methyl sites for hydroxylation is 1. The lowest BCUT2D eigenvalue weighted by Gasteiger charge is -2.12. The molecule has 1 aliphatic heterocycles. The monoisotopic (exact) mass is 329 g/mol. The summed E-state index contributed by atoms with van der Waals surface area (Å²) in [5.41, 5.74) is 0.947. The van der Waals surface area contributed by atoms with E-state index in [0.717, 1.165) is 6.07 Å². The summed E-state index contributed by atoms with van der Waals surface area (Å²) in [4.78, 5) is 3.81. The first-order chi connectivity index (χ1) is 11.6. The van der Waals surface area contributed by atoms with Gasteiger partial charge in [0.05, 0.1) is 13.2 Å². The van der Waals surface area contributed by atoms with E-state index in [9.17, 15) is 8.78 Å². The standard InChI is InChI=1S/C11H9F2N3O.C7H8/c12-8-1-2-9(10(13)3-8)11(5-17-11)4-16-7-14-6-15-16;1-7-5-3-2-4-6-7/h1-3,6-7H,4-5H2;2-6H,1H3/t11-;/m0./s1. The molecule has 2 aromatic carbocycles. The molecule has 124 valence electrons. The van der Waals surface area contributed by atoms with Gasteiger partial charge in [-0.15, -0.1) is 0 Å². The van der Waals surface area contributed by atoms with E-state index in [1.807, 2.05) is 18.2 Å². The molecule has 0 spiro atoms. The Morgan fingerprint density at radius 3 is 2.42 bits per heavy atom. The molecule has 0 amide bonds. The maximum atomic E-state index is 13.6. The lowest BCUT2D eigenvalue weighted by molar-refractivity contribution is 0.262. The van der Waals surface area contributed by atoms with Crippen LogP contribution in [-0.2, 0) is 16.9 Å². The quantitative estimate of drug-likeness (QED) is 0.691. The topological polar surface area (TPSA) is 43.2 Å². The van der Waals surface area contributed by atoms with E-state index in [2.05, 4.69) is 29.1 Å². The van der Waals surface area contributed by atoms with Gasteiger partial charge in [-0.1, -0.05) is 42.0 Å². The zero-order chi connectivity index (χ0) is 17.0. The first-order valence-corrected chi connectivity index (χ1v) is 7.53. The maximum absolute atomic E-state index is 13.6. The van der Waals surface area contributed by atoms with Crippen molar-refractivity contribution in [3.63, 3.8) is 0 Å². The van der Waals surface area contributed by atoms with Crippen LogP contribution in [0.5, 0.6) is 0 Å². The summed E-state index contributed by atoms with van der Waals surface area (Å²) in [6.07, 6.45) is 2.93. The van der Waals surface area contributed by atoms with Gasteiger partial charge >= 0.3 is 0 Å². The van der Waals surface area contributed by atoms with Gasteiger partial charge in [-0.05, 0) is 13.0 Å². The number of hydrogen-bond donors (Lipinski definition) is 0. The van der Waals surface area contributed by atoms with Crippen LogP contribution in [0.2, 0.25) is 0 Å². The zero-order valence-electron chi connectivity index (χ0n) is 13.2. The molecule has 1 aromatic heterocycles. The highest BCUT2D eigenvalue weighted by molar-refractivity contribution is 5.28. The van der Waals surface area contributed by atoms with E-state index in [1.54, 1.807) is 4.68 Å². The molecule has 0 radical (unpaired) electrons. The first-order valence-electron chi connectivity index (χ1n) is 7.53. The van der Waals surface area contributed by atoms with Crippen LogP contribution in [0, 0.1) is 18.6 Å². The van der Waals surface area contributed by atoms with Crippen molar-refractivity contribution in [1.82, 2.24) is 14.8 Å². The van der Waals surface area contributed by atoms with Crippen molar-refractivity contribution in [2.45, 2.75) is 19.1 Å². The third-order valence-electron chi connectivity index (χ3n) is 3.74. The molecule has 24 heavy (non-hydrogen) atoms. The van der Waals surface area contributed by atoms with E-state index in [1.165, 1.54) is 30.4 Å². The minimum Gasteiger partial charge on any atom is -0.362 e. The van der Waals surface area contributed by atoms with Crippen LogP contribution in [0.3, 0.4) is 0 Å². The molecule has 1 fully saturated rings. The number of halogens is 2. The second-order valence-electron chi connectivity index (χ2n) is 5.65. The van der Waals surface area contributed by atoms with E-state index in [-0.39, 0.29) is 0 Å². The fraction of sp³-hybridized carbons (Fsp3) is 0.222. The van der Waals surface area contributed by atoms with Gasteiger partial charge in [-0.25, -0.2) is 18.4 Å². The van der Waals surface area contributed by atoms with Gasteiger partial charge in [0.1, 0.15) is 29.9 Å². The number of hydrogen-bond acceptors (Lipinski definition) is 3. The van der Waals surface area contributed by atoms with Crippen LogP contribution in [0.25, 0.3) is 0 Å². The van der Waals surface area contributed by atoms with Crippen molar-refractivity contribution in [1.29, 1.82) is 0 Å². The predicted octanol–water partition coefficient (Wildman–Crippen LogP) is 3.48. The summed E-state index contributed by atoms with van der Waals surface area (Å²) < 4.78 is 33.4. The van der Waals surface area contributed by atoms with Gasteiger partial charge in [-0.2, -0.15) is 5.10 Å². The Balaban J connectivity index is 0.000000203. The minimum atomic E-state index is -0.731. The Morgan fingerprint density at radius 2 is 1.92 bits per heavy atom. The lowest BCUT2D eigenvalue weighted by Crippen LogP contribution is -2.19. The second kappa shape index (κ2) is 6.88. The van der Waals surface area contributed by atoms with Gasteiger partial charge in [0.15, 0.2) is 0 Å².